The number of hydrogen-bond acceptors (Lipinski definition) is 6. The second-order valence-corrected chi connectivity index (χ2v) is 8.86. The van der Waals surface area contributed by atoms with Crippen molar-refractivity contribution in [2.75, 3.05) is 23.5 Å². The lowest BCUT2D eigenvalue weighted by molar-refractivity contribution is -0.116. The zero-order valence-corrected chi connectivity index (χ0v) is 18.7. The Morgan fingerprint density at radius 1 is 1.03 bits per heavy atom. The van der Waals surface area contributed by atoms with Gasteiger partial charge >= 0.3 is 0 Å². The van der Waals surface area contributed by atoms with E-state index >= 15 is 0 Å². The smallest absolute Gasteiger partial charge is 0.234 e. The van der Waals surface area contributed by atoms with Crippen molar-refractivity contribution in [1.29, 1.82) is 0 Å². The number of amides is 2. The zero-order chi connectivity index (χ0) is 21.5. The lowest BCUT2D eigenvalue weighted by Gasteiger charge is -2.07. The molecule has 0 spiro atoms. The van der Waals surface area contributed by atoms with Crippen LogP contribution in [-0.2, 0) is 16.0 Å². The van der Waals surface area contributed by atoms with Crippen LogP contribution in [0.4, 0.5) is 11.4 Å². The molecule has 8 heteroatoms. The fourth-order valence-electron chi connectivity index (χ4n) is 2.88. The molecule has 2 aromatic carbocycles. The largest absolute Gasteiger partial charge is 0.497 e. The third-order valence-electron chi connectivity index (χ3n) is 4.06. The molecule has 0 fully saturated rings. The molecule has 0 radical (unpaired) electrons. The Morgan fingerprint density at radius 3 is 2.50 bits per heavy atom. The molecule has 0 aliphatic rings. The highest BCUT2D eigenvalue weighted by molar-refractivity contribution is 8.01. The second kappa shape index (κ2) is 10.3. The van der Waals surface area contributed by atoms with Gasteiger partial charge < -0.3 is 15.4 Å². The fraction of sp³-hybridized carbons (Fsp3) is 0.227. The van der Waals surface area contributed by atoms with E-state index < -0.39 is 0 Å². The van der Waals surface area contributed by atoms with E-state index in [0.29, 0.717) is 17.1 Å². The standard InChI is InChI=1S/C22H23N3O3S2/c1-14-7-15(2)9-17(8-14)24-20(26)11-18-12-29-22(25-18)30-13-21(27)23-16-5-4-6-19(10-16)28-3/h4-10,12H,11,13H2,1-3H3,(H,23,27)(H,24,26). The van der Waals surface area contributed by atoms with E-state index in [1.807, 2.05) is 43.5 Å². The summed E-state index contributed by atoms with van der Waals surface area (Å²) in [4.78, 5) is 28.9. The number of rotatable bonds is 8. The average Bonchev–Trinajstić information content (AvgIpc) is 3.13. The fourth-order valence-corrected chi connectivity index (χ4v) is 4.52. The maximum Gasteiger partial charge on any atom is 0.234 e. The Balaban J connectivity index is 1.48. The summed E-state index contributed by atoms with van der Waals surface area (Å²) in [6, 6.07) is 13.1. The molecule has 2 N–H and O–H groups in total. The molecule has 0 atom stereocenters. The summed E-state index contributed by atoms with van der Waals surface area (Å²) in [6.07, 6.45) is 0.194. The molecule has 2 amide bonds. The van der Waals surface area contributed by atoms with E-state index in [4.69, 9.17) is 4.74 Å². The maximum atomic E-state index is 12.3. The summed E-state index contributed by atoms with van der Waals surface area (Å²) < 4.78 is 5.91. The van der Waals surface area contributed by atoms with Crippen molar-refractivity contribution in [2.45, 2.75) is 24.6 Å². The van der Waals surface area contributed by atoms with Crippen LogP contribution < -0.4 is 15.4 Å². The number of benzene rings is 2. The number of carbonyl (C=O) groups excluding carboxylic acids is 2. The molecule has 0 unspecified atom stereocenters. The van der Waals surface area contributed by atoms with Crippen molar-refractivity contribution in [3.05, 3.63) is 64.7 Å². The molecular formula is C22H23N3O3S2. The van der Waals surface area contributed by atoms with Gasteiger partial charge in [0.1, 0.15) is 5.75 Å². The minimum absolute atomic E-state index is 0.113. The third kappa shape index (κ3) is 6.60. The van der Waals surface area contributed by atoms with E-state index in [-0.39, 0.29) is 24.0 Å². The van der Waals surface area contributed by atoms with Gasteiger partial charge in [0.25, 0.3) is 0 Å². The summed E-state index contributed by atoms with van der Waals surface area (Å²) in [5.41, 5.74) is 4.37. The molecule has 0 bridgehead atoms. The van der Waals surface area contributed by atoms with Crippen LogP contribution in [0.15, 0.2) is 52.2 Å². The predicted molar refractivity (Wildman–Crippen MR) is 123 cm³/mol. The van der Waals surface area contributed by atoms with Crippen LogP contribution in [0.1, 0.15) is 16.8 Å². The van der Waals surface area contributed by atoms with Gasteiger partial charge in [0.2, 0.25) is 11.8 Å². The highest BCUT2D eigenvalue weighted by Gasteiger charge is 2.11. The number of anilines is 2. The number of nitrogens with one attached hydrogen (secondary N) is 2. The van der Waals surface area contributed by atoms with E-state index in [0.717, 1.165) is 21.2 Å². The summed E-state index contributed by atoms with van der Waals surface area (Å²) in [5, 5.41) is 7.60. The molecule has 6 nitrogen and oxygen atoms in total. The Bertz CT molecular complexity index is 1030. The number of thioether (sulfide) groups is 1. The zero-order valence-electron chi connectivity index (χ0n) is 17.0. The van der Waals surface area contributed by atoms with Crippen LogP contribution in [0.25, 0.3) is 0 Å². The van der Waals surface area contributed by atoms with Gasteiger partial charge in [-0.05, 0) is 49.2 Å². The summed E-state index contributed by atoms with van der Waals surface area (Å²) in [7, 11) is 1.58. The van der Waals surface area contributed by atoms with E-state index in [1.165, 1.54) is 23.1 Å². The van der Waals surface area contributed by atoms with Gasteiger partial charge in [0.05, 0.1) is 25.0 Å². The first kappa shape index (κ1) is 21.9. The van der Waals surface area contributed by atoms with Crippen molar-refractivity contribution < 1.29 is 14.3 Å². The van der Waals surface area contributed by atoms with E-state index in [9.17, 15) is 9.59 Å². The molecule has 0 saturated carbocycles. The minimum atomic E-state index is -0.127. The minimum Gasteiger partial charge on any atom is -0.497 e. The number of nitrogens with zero attached hydrogens (tertiary/aromatic N) is 1. The van der Waals surface area contributed by atoms with Gasteiger partial charge in [-0.3, -0.25) is 9.59 Å². The van der Waals surface area contributed by atoms with Crippen LogP contribution in [-0.4, -0.2) is 29.7 Å². The number of carbonyl (C=O) groups is 2. The van der Waals surface area contributed by atoms with Gasteiger partial charge in [0.15, 0.2) is 4.34 Å². The van der Waals surface area contributed by atoms with Gasteiger partial charge in [0, 0.05) is 22.8 Å². The summed E-state index contributed by atoms with van der Waals surface area (Å²) in [5.74, 6) is 0.679. The Labute approximate surface area is 184 Å². The molecule has 3 rings (SSSR count). The quantitative estimate of drug-likeness (QED) is 0.496. The first-order valence-electron chi connectivity index (χ1n) is 9.30. The molecule has 156 valence electrons. The molecule has 1 heterocycles. The number of methoxy groups -OCH3 is 1. The Morgan fingerprint density at radius 2 is 1.77 bits per heavy atom. The number of thiazole rings is 1. The second-order valence-electron chi connectivity index (χ2n) is 6.77. The normalized spacial score (nSPS) is 10.5. The van der Waals surface area contributed by atoms with Crippen molar-refractivity contribution in [1.82, 2.24) is 4.98 Å². The van der Waals surface area contributed by atoms with Gasteiger partial charge in [-0.25, -0.2) is 4.98 Å². The SMILES string of the molecule is COc1cccc(NC(=O)CSc2nc(CC(=O)Nc3cc(C)cc(C)c3)cs2)c1. The summed E-state index contributed by atoms with van der Waals surface area (Å²) >= 11 is 2.77. The molecule has 0 aliphatic heterocycles. The first-order chi connectivity index (χ1) is 14.4. The molecule has 0 aliphatic carbocycles. The van der Waals surface area contributed by atoms with E-state index in [2.05, 4.69) is 21.7 Å². The molecule has 30 heavy (non-hydrogen) atoms. The average molecular weight is 442 g/mol. The lowest BCUT2D eigenvalue weighted by atomic mass is 10.1. The van der Waals surface area contributed by atoms with E-state index in [1.54, 1.807) is 19.2 Å². The van der Waals surface area contributed by atoms with Crippen LogP contribution in [0, 0.1) is 13.8 Å². The highest BCUT2D eigenvalue weighted by Crippen LogP contribution is 2.24. The number of ether oxygens (including phenoxy) is 1. The molecular weight excluding hydrogens is 418 g/mol. The summed E-state index contributed by atoms with van der Waals surface area (Å²) in [6.45, 7) is 3.99. The highest BCUT2D eigenvalue weighted by atomic mass is 32.2. The Kier molecular flexibility index (Phi) is 7.48. The number of hydrogen-bond donors (Lipinski definition) is 2. The molecule has 3 aromatic rings. The van der Waals surface area contributed by atoms with Crippen LogP contribution in [0.5, 0.6) is 5.75 Å². The van der Waals surface area contributed by atoms with Crippen molar-refractivity contribution in [3.63, 3.8) is 0 Å². The van der Waals surface area contributed by atoms with Crippen molar-refractivity contribution in [2.24, 2.45) is 0 Å². The van der Waals surface area contributed by atoms with Crippen molar-refractivity contribution >= 4 is 46.3 Å². The van der Waals surface area contributed by atoms with Gasteiger partial charge in [-0.15, -0.1) is 11.3 Å². The molecule has 1 aromatic heterocycles. The monoisotopic (exact) mass is 441 g/mol. The lowest BCUT2D eigenvalue weighted by Crippen LogP contribution is -2.15. The predicted octanol–water partition coefficient (Wildman–Crippen LogP) is 4.68. The maximum absolute atomic E-state index is 12.3. The van der Waals surface area contributed by atoms with Gasteiger partial charge in [-0.2, -0.15) is 0 Å². The van der Waals surface area contributed by atoms with Gasteiger partial charge in [-0.1, -0.05) is 23.9 Å². The number of aromatic nitrogens is 1. The number of aryl methyl sites for hydroxylation is 2. The molecule has 0 saturated heterocycles. The van der Waals surface area contributed by atoms with Crippen LogP contribution in [0.2, 0.25) is 0 Å². The Hall–Kier alpha value is -2.84. The van der Waals surface area contributed by atoms with Crippen molar-refractivity contribution in [3.8, 4) is 5.75 Å². The topological polar surface area (TPSA) is 80.3 Å². The van der Waals surface area contributed by atoms with Crippen LogP contribution >= 0.6 is 23.1 Å². The third-order valence-corrected chi connectivity index (χ3v) is 6.13. The first-order valence-corrected chi connectivity index (χ1v) is 11.2. The van der Waals surface area contributed by atoms with Crippen LogP contribution in [0.3, 0.4) is 0 Å².